The molecular formula is C19H15BrN2O5S2. The molecule has 0 radical (unpaired) electrons. The molecule has 3 rings (SSSR count). The number of carbonyl (C=O) groups excluding carboxylic acids is 1. The Morgan fingerprint density at radius 3 is 1.79 bits per heavy atom. The second-order valence-corrected chi connectivity index (χ2v) is 10.2. The maximum Gasteiger partial charge on any atom is 0.264 e. The fourth-order valence-corrected chi connectivity index (χ4v) is 4.66. The monoisotopic (exact) mass is 494 g/mol. The van der Waals surface area contributed by atoms with Crippen molar-refractivity contribution in [2.45, 2.75) is 9.79 Å². The van der Waals surface area contributed by atoms with Crippen molar-refractivity contribution in [3.8, 4) is 0 Å². The predicted molar refractivity (Wildman–Crippen MR) is 112 cm³/mol. The van der Waals surface area contributed by atoms with Crippen LogP contribution in [0.3, 0.4) is 0 Å². The van der Waals surface area contributed by atoms with Gasteiger partial charge in [-0.05, 0) is 60.7 Å². The molecule has 0 fully saturated rings. The van der Waals surface area contributed by atoms with Crippen molar-refractivity contribution < 1.29 is 21.6 Å². The van der Waals surface area contributed by atoms with E-state index >= 15 is 0 Å². The van der Waals surface area contributed by atoms with E-state index in [0.29, 0.717) is 0 Å². The van der Waals surface area contributed by atoms with Crippen molar-refractivity contribution in [3.63, 3.8) is 0 Å². The van der Waals surface area contributed by atoms with Crippen LogP contribution in [0.15, 0.2) is 93.1 Å². The van der Waals surface area contributed by atoms with E-state index in [1.807, 2.05) is 4.72 Å². The molecule has 2 N–H and O–H groups in total. The summed E-state index contributed by atoms with van der Waals surface area (Å²) in [7, 11) is -7.93. The topological polar surface area (TPSA) is 109 Å². The lowest BCUT2D eigenvalue weighted by Gasteiger charge is -2.10. The highest BCUT2D eigenvalue weighted by Gasteiger charge is 2.19. The molecule has 0 aromatic heterocycles. The average Bonchev–Trinajstić information content (AvgIpc) is 2.69. The number of hydrogen-bond acceptors (Lipinski definition) is 5. The van der Waals surface area contributed by atoms with Gasteiger partial charge in [-0.2, -0.15) is 0 Å². The quantitative estimate of drug-likeness (QED) is 0.545. The predicted octanol–water partition coefficient (Wildman–Crippen LogP) is 3.37. The normalized spacial score (nSPS) is 11.6. The van der Waals surface area contributed by atoms with Crippen LogP contribution in [0.5, 0.6) is 0 Å². The highest BCUT2D eigenvalue weighted by molar-refractivity contribution is 9.10. The van der Waals surface area contributed by atoms with Gasteiger partial charge in [0.2, 0.25) is 0 Å². The van der Waals surface area contributed by atoms with Crippen LogP contribution in [0.2, 0.25) is 0 Å². The first-order valence-electron chi connectivity index (χ1n) is 8.18. The van der Waals surface area contributed by atoms with Gasteiger partial charge < -0.3 is 0 Å². The van der Waals surface area contributed by atoms with E-state index in [1.165, 1.54) is 48.5 Å². The van der Waals surface area contributed by atoms with E-state index in [1.54, 1.807) is 30.3 Å². The van der Waals surface area contributed by atoms with Gasteiger partial charge >= 0.3 is 0 Å². The van der Waals surface area contributed by atoms with Crippen molar-refractivity contribution in [1.29, 1.82) is 0 Å². The summed E-state index contributed by atoms with van der Waals surface area (Å²) in [4.78, 5) is 12.0. The molecule has 7 nitrogen and oxygen atoms in total. The van der Waals surface area contributed by atoms with E-state index in [4.69, 9.17) is 0 Å². The van der Waals surface area contributed by atoms with Gasteiger partial charge in [0, 0.05) is 15.7 Å². The van der Waals surface area contributed by atoms with Gasteiger partial charge in [-0.3, -0.25) is 9.52 Å². The Balaban J connectivity index is 1.75. The minimum atomic E-state index is -4.11. The van der Waals surface area contributed by atoms with E-state index in [9.17, 15) is 21.6 Å². The minimum absolute atomic E-state index is 0.0625. The summed E-state index contributed by atoms with van der Waals surface area (Å²) in [5, 5.41) is 0. The molecule has 3 aromatic carbocycles. The van der Waals surface area contributed by atoms with Crippen LogP contribution in [0.25, 0.3) is 0 Å². The summed E-state index contributed by atoms with van der Waals surface area (Å²) in [5.74, 6) is -0.759. The van der Waals surface area contributed by atoms with Crippen molar-refractivity contribution in [3.05, 3.63) is 88.9 Å². The molecular weight excluding hydrogens is 480 g/mol. The number of sulfonamides is 2. The Hall–Kier alpha value is -2.69. The van der Waals surface area contributed by atoms with Gasteiger partial charge in [0.1, 0.15) is 0 Å². The van der Waals surface area contributed by atoms with Gasteiger partial charge in [0.15, 0.2) is 0 Å². The molecule has 3 aromatic rings. The molecule has 0 aliphatic heterocycles. The van der Waals surface area contributed by atoms with Crippen LogP contribution in [0.1, 0.15) is 10.4 Å². The van der Waals surface area contributed by atoms with Crippen LogP contribution in [-0.2, 0) is 20.0 Å². The van der Waals surface area contributed by atoms with E-state index in [-0.39, 0.29) is 21.0 Å². The molecule has 10 heteroatoms. The molecule has 0 heterocycles. The molecule has 0 saturated heterocycles. The van der Waals surface area contributed by atoms with Crippen LogP contribution in [-0.4, -0.2) is 22.7 Å². The number of anilines is 1. The summed E-state index contributed by atoms with van der Waals surface area (Å²) < 4.78 is 54.7. The van der Waals surface area contributed by atoms with Crippen molar-refractivity contribution >= 4 is 47.6 Å². The second kappa shape index (κ2) is 8.36. The zero-order valence-corrected chi connectivity index (χ0v) is 18.0. The average molecular weight is 495 g/mol. The molecule has 0 saturated carbocycles. The van der Waals surface area contributed by atoms with E-state index in [2.05, 4.69) is 20.7 Å². The Bertz CT molecular complexity index is 1230. The lowest BCUT2D eigenvalue weighted by atomic mass is 10.2. The maximum absolute atomic E-state index is 12.4. The molecule has 0 unspecified atom stereocenters. The van der Waals surface area contributed by atoms with Gasteiger partial charge in [-0.25, -0.2) is 21.6 Å². The van der Waals surface area contributed by atoms with Crippen molar-refractivity contribution in [2.24, 2.45) is 0 Å². The summed E-state index contributed by atoms with van der Waals surface area (Å²) in [6.45, 7) is 0. The van der Waals surface area contributed by atoms with Crippen molar-refractivity contribution in [1.82, 2.24) is 4.72 Å². The Kier molecular flexibility index (Phi) is 6.06. The number of halogens is 1. The molecule has 0 bridgehead atoms. The first kappa shape index (κ1) is 21.0. The molecule has 0 aliphatic rings. The number of amides is 1. The van der Waals surface area contributed by atoms with Gasteiger partial charge in [0.05, 0.1) is 9.79 Å². The molecule has 0 aliphatic carbocycles. The first-order valence-corrected chi connectivity index (χ1v) is 11.9. The number of nitrogens with one attached hydrogen (secondary N) is 2. The van der Waals surface area contributed by atoms with Crippen LogP contribution in [0.4, 0.5) is 5.69 Å². The second-order valence-electron chi connectivity index (χ2n) is 5.88. The highest BCUT2D eigenvalue weighted by Crippen LogP contribution is 2.20. The summed E-state index contributed by atoms with van der Waals surface area (Å²) in [6.07, 6.45) is 0. The Labute approximate surface area is 177 Å². The Morgan fingerprint density at radius 1 is 0.690 bits per heavy atom. The van der Waals surface area contributed by atoms with Gasteiger partial charge in [-0.1, -0.05) is 34.1 Å². The number of benzene rings is 3. The van der Waals surface area contributed by atoms with Crippen LogP contribution >= 0.6 is 15.9 Å². The summed E-state index contributed by atoms with van der Waals surface area (Å²) in [6, 6.07) is 19.0. The molecule has 0 spiro atoms. The summed E-state index contributed by atoms with van der Waals surface area (Å²) in [5.41, 5.74) is 0.385. The van der Waals surface area contributed by atoms with E-state index in [0.717, 1.165) is 4.47 Å². The highest BCUT2D eigenvalue weighted by atomic mass is 79.9. The Morgan fingerprint density at radius 2 is 1.21 bits per heavy atom. The standard InChI is InChI=1S/C19H15BrN2O5S2/c20-15-6-10-17(11-7-15)28(24,25)21-16-8-12-18(13-9-16)29(26,27)22-19(23)14-4-2-1-3-5-14/h1-13,21H,(H,22,23). The zero-order chi connectivity index (χ0) is 21.1. The fourth-order valence-electron chi connectivity index (χ4n) is 2.36. The number of rotatable bonds is 6. The zero-order valence-electron chi connectivity index (χ0n) is 14.7. The first-order chi connectivity index (χ1) is 13.7. The molecule has 1 amide bonds. The lowest BCUT2D eigenvalue weighted by Crippen LogP contribution is -2.30. The third kappa shape index (κ3) is 5.22. The van der Waals surface area contributed by atoms with Gasteiger partial charge in [-0.15, -0.1) is 0 Å². The smallest absolute Gasteiger partial charge is 0.264 e. The molecule has 150 valence electrons. The molecule has 29 heavy (non-hydrogen) atoms. The minimum Gasteiger partial charge on any atom is -0.280 e. The van der Waals surface area contributed by atoms with Gasteiger partial charge in [0.25, 0.3) is 26.0 Å². The van der Waals surface area contributed by atoms with Crippen molar-refractivity contribution in [2.75, 3.05) is 4.72 Å². The number of carbonyl (C=O) groups is 1. The fraction of sp³-hybridized carbons (Fsp3) is 0. The number of hydrogen-bond donors (Lipinski definition) is 2. The SMILES string of the molecule is O=C(NS(=O)(=O)c1ccc(NS(=O)(=O)c2ccc(Br)cc2)cc1)c1ccccc1. The maximum atomic E-state index is 12.4. The third-order valence-corrected chi connectivity index (χ3v) is 7.08. The van der Waals surface area contributed by atoms with E-state index < -0.39 is 26.0 Å². The lowest BCUT2D eigenvalue weighted by molar-refractivity contribution is 0.0981. The summed E-state index contributed by atoms with van der Waals surface area (Å²) >= 11 is 3.24. The van der Waals surface area contributed by atoms with Crippen LogP contribution in [0, 0.1) is 0 Å². The largest absolute Gasteiger partial charge is 0.280 e. The van der Waals surface area contributed by atoms with Crippen LogP contribution < -0.4 is 9.44 Å². The third-order valence-electron chi connectivity index (χ3n) is 3.80. The molecule has 0 atom stereocenters.